The molecule has 0 aliphatic carbocycles. The number of piperidine rings is 1. The first-order chi connectivity index (χ1) is 18.4. The molecule has 202 valence electrons. The van der Waals surface area contributed by atoms with Gasteiger partial charge in [-0.2, -0.15) is 0 Å². The zero-order valence-corrected chi connectivity index (χ0v) is 22.0. The molecule has 9 heteroatoms. The lowest BCUT2D eigenvalue weighted by molar-refractivity contribution is -0.136. The zero-order valence-electron chi connectivity index (χ0n) is 22.0. The average Bonchev–Trinajstić information content (AvgIpc) is 3.24. The second-order valence-corrected chi connectivity index (χ2v) is 10.5. The number of nitrogens with two attached hydrogens (primary N) is 1. The summed E-state index contributed by atoms with van der Waals surface area (Å²) in [5.41, 5.74) is 9.76. The van der Waals surface area contributed by atoms with E-state index in [9.17, 15) is 14.4 Å². The molecule has 3 amide bonds. The van der Waals surface area contributed by atoms with Gasteiger partial charge in [0.05, 0.1) is 6.61 Å². The van der Waals surface area contributed by atoms with Crippen LogP contribution in [0, 0.1) is 0 Å². The minimum atomic E-state index is -0.579. The number of amides is 3. The maximum atomic E-state index is 12.9. The molecule has 0 aromatic heterocycles. The molecule has 3 aliphatic rings. The Morgan fingerprint density at radius 2 is 1.87 bits per heavy atom. The van der Waals surface area contributed by atoms with Crippen molar-refractivity contribution in [2.75, 3.05) is 44.2 Å². The fourth-order valence-corrected chi connectivity index (χ4v) is 5.50. The lowest BCUT2D eigenvalue weighted by Crippen LogP contribution is -2.52. The standard InChI is InChI=1S/C29H37N5O4/c1-20(30)21-5-4-6-24(18-21)38-16-3-2-11-32-12-14-33(15-13-32)23-7-8-25-22(17-23)19-34(29(25)37)26-9-10-27(35)31-28(26)36/h4-8,17-18,20,26H,2-3,9-16,19,30H2,1H3,(H,31,35,36). The van der Waals surface area contributed by atoms with Gasteiger partial charge in [0.25, 0.3) is 5.91 Å². The van der Waals surface area contributed by atoms with E-state index >= 15 is 0 Å². The van der Waals surface area contributed by atoms with Crippen LogP contribution in [-0.4, -0.2) is 72.9 Å². The van der Waals surface area contributed by atoms with Gasteiger partial charge < -0.3 is 20.3 Å². The fraction of sp³-hybridized carbons (Fsp3) is 0.483. The summed E-state index contributed by atoms with van der Waals surface area (Å²) in [6.45, 7) is 8.00. The van der Waals surface area contributed by atoms with Gasteiger partial charge in [0, 0.05) is 56.4 Å². The molecule has 2 aromatic rings. The van der Waals surface area contributed by atoms with Crippen molar-refractivity contribution < 1.29 is 19.1 Å². The Balaban J connectivity index is 1.06. The molecular formula is C29H37N5O4. The van der Waals surface area contributed by atoms with E-state index in [1.54, 1.807) is 4.90 Å². The first-order valence-corrected chi connectivity index (χ1v) is 13.6. The third kappa shape index (κ3) is 5.84. The van der Waals surface area contributed by atoms with Gasteiger partial charge in [0.15, 0.2) is 0 Å². The number of imide groups is 1. The maximum Gasteiger partial charge on any atom is 0.255 e. The molecule has 9 nitrogen and oxygen atoms in total. The number of rotatable bonds is 9. The SMILES string of the molecule is CC(N)c1cccc(OCCCCN2CCN(c3ccc4c(c3)CN(C3CCC(=O)NC3=O)C4=O)CC2)c1. The van der Waals surface area contributed by atoms with Crippen LogP contribution < -0.4 is 20.7 Å². The Morgan fingerprint density at radius 1 is 1.05 bits per heavy atom. The number of carbonyl (C=O) groups excluding carboxylic acids is 3. The second kappa shape index (κ2) is 11.5. The van der Waals surface area contributed by atoms with Crippen molar-refractivity contribution in [2.24, 2.45) is 5.73 Å². The summed E-state index contributed by atoms with van der Waals surface area (Å²) in [4.78, 5) is 43.2. The highest BCUT2D eigenvalue weighted by Crippen LogP contribution is 2.31. The minimum Gasteiger partial charge on any atom is -0.494 e. The predicted octanol–water partition coefficient (Wildman–Crippen LogP) is 2.45. The molecule has 2 atom stereocenters. The number of ether oxygens (including phenoxy) is 1. The molecule has 3 heterocycles. The van der Waals surface area contributed by atoms with Crippen LogP contribution in [0.2, 0.25) is 0 Å². The van der Waals surface area contributed by atoms with E-state index in [-0.39, 0.29) is 30.2 Å². The zero-order chi connectivity index (χ0) is 26.6. The van der Waals surface area contributed by atoms with Crippen LogP contribution in [0.5, 0.6) is 5.75 Å². The quantitative estimate of drug-likeness (QED) is 0.387. The summed E-state index contributed by atoms with van der Waals surface area (Å²) >= 11 is 0. The number of nitrogens with one attached hydrogen (secondary N) is 1. The maximum absolute atomic E-state index is 12.9. The number of hydrogen-bond donors (Lipinski definition) is 2. The van der Waals surface area contributed by atoms with Crippen LogP contribution >= 0.6 is 0 Å². The lowest BCUT2D eigenvalue weighted by Gasteiger charge is -2.36. The number of nitrogens with zero attached hydrogens (tertiary/aromatic N) is 3. The molecule has 38 heavy (non-hydrogen) atoms. The van der Waals surface area contributed by atoms with Crippen molar-refractivity contribution >= 4 is 23.4 Å². The Morgan fingerprint density at radius 3 is 2.63 bits per heavy atom. The summed E-state index contributed by atoms with van der Waals surface area (Å²) in [5, 5.41) is 2.36. The highest BCUT2D eigenvalue weighted by molar-refractivity contribution is 6.05. The summed E-state index contributed by atoms with van der Waals surface area (Å²) in [5.74, 6) is 0.107. The molecule has 5 rings (SSSR count). The normalized spacial score (nSPS) is 20.9. The van der Waals surface area contributed by atoms with Crippen molar-refractivity contribution in [3.63, 3.8) is 0 Å². The van der Waals surface area contributed by atoms with E-state index in [4.69, 9.17) is 10.5 Å². The summed E-state index contributed by atoms with van der Waals surface area (Å²) < 4.78 is 5.92. The molecule has 2 saturated heterocycles. The Bertz CT molecular complexity index is 1190. The summed E-state index contributed by atoms with van der Waals surface area (Å²) in [7, 11) is 0. The van der Waals surface area contributed by atoms with E-state index in [0.717, 1.165) is 68.1 Å². The summed E-state index contributed by atoms with van der Waals surface area (Å²) in [6, 6.07) is 13.4. The van der Waals surface area contributed by atoms with E-state index in [2.05, 4.69) is 21.2 Å². The number of benzene rings is 2. The highest BCUT2D eigenvalue weighted by atomic mass is 16.5. The van der Waals surface area contributed by atoms with Crippen molar-refractivity contribution in [3.8, 4) is 5.75 Å². The van der Waals surface area contributed by atoms with Crippen LogP contribution in [0.15, 0.2) is 42.5 Å². The van der Waals surface area contributed by atoms with E-state index in [1.165, 1.54) is 0 Å². The predicted molar refractivity (Wildman–Crippen MR) is 145 cm³/mol. The van der Waals surface area contributed by atoms with Crippen molar-refractivity contribution in [3.05, 3.63) is 59.2 Å². The largest absolute Gasteiger partial charge is 0.494 e. The third-order valence-electron chi connectivity index (χ3n) is 7.77. The van der Waals surface area contributed by atoms with Gasteiger partial charge >= 0.3 is 0 Å². The molecule has 2 fully saturated rings. The first kappa shape index (κ1) is 26.2. The van der Waals surface area contributed by atoms with Gasteiger partial charge in [0.1, 0.15) is 11.8 Å². The minimum absolute atomic E-state index is 0.00374. The third-order valence-corrected chi connectivity index (χ3v) is 7.77. The van der Waals surface area contributed by atoms with Gasteiger partial charge in [-0.3, -0.25) is 24.6 Å². The van der Waals surface area contributed by atoms with Crippen molar-refractivity contribution in [2.45, 2.75) is 51.2 Å². The molecule has 0 spiro atoms. The van der Waals surface area contributed by atoms with Gasteiger partial charge in [-0.15, -0.1) is 0 Å². The second-order valence-electron chi connectivity index (χ2n) is 10.5. The molecular weight excluding hydrogens is 482 g/mol. The van der Waals surface area contributed by atoms with Crippen LogP contribution in [-0.2, 0) is 16.1 Å². The average molecular weight is 520 g/mol. The molecule has 3 N–H and O–H groups in total. The topological polar surface area (TPSA) is 108 Å². The lowest BCUT2D eigenvalue weighted by atomic mass is 10.0. The Hall–Kier alpha value is -3.43. The summed E-state index contributed by atoms with van der Waals surface area (Å²) in [6.07, 6.45) is 2.74. The van der Waals surface area contributed by atoms with Gasteiger partial charge in [-0.05, 0) is 74.2 Å². The Labute approximate surface area is 223 Å². The van der Waals surface area contributed by atoms with Gasteiger partial charge in [0.2, 0.25) is 11.8 Å². The van der Waals surface area contributed by atoms with Crippen LogP contribution in [0.3, 0.4) is 0 Å². The van der Waals surface area contributed by atoms with Crippen molar-refractivity contribution in [1.82, 2.24) is 15.1 Å². The number of carbonyl (C=O) groups is 3. The number of unbranched alkanes of at least 4 members (excludes halogenated alkanes) is 1. The fourth-order valence-electron chi connectivity index (χ4n) is 5.50. The smallest absolute Gasteiger partial charge is 0.255 e. The van der Waals surface area contributed by atoms with Gasteiger partial charge in [-0.1, -0.05) is 12.1 Å². The first-order valence-electron chi connectivity index (χ1n) is 13.6. The monoisotopic (exact) mass is 519 g/mol. The van der Waals surface area contributed by atoms with E-state index in [0.29, 0.717) is 25.1 Å². The van der Waals surface area contributed by atoms with E-state index in [1.807, 2.05) is 43.3 Å². The van der Waals surface area contributed by atoms with Crippen LogP contribution in [0.25, 0.3) is 0 Å². The van der Waals surface area contributed by atoms with Crippen LogP contribution in [0.1, 0.15) is 60.1 Å². The van der Waals surface area contributed by atoms with E-state index < -0.39 is 6.04 Å². The van der Waals surface area contributed by atoms with Crippen LogP contribution in [0.4, 0.5) is 5.69 Å². The molecule has 0 radical (unpaired) electrons. The molecule has 0 saturated carbocycles. The molecule has 0 bridgehead atoms. The molecule has 3 aliphatic heterocycles. The molecule has 2 aromatic carbocycles. The van der Waals surface area contributed by atoms with Gasteiger partial charge in [-0.25, -0.2) is 0 Å². The number of piperazine rings is 1. The van der Waals surface area contributed by atoms with Crippen molar-refractivity contribution in [1.29, 1.82) is 0 Å². The highest BCUT2D eigenvalue weighted by Gasteiger charge is 2.39. The Kier molecular flexibility index (Phi) is 7.95. The number of anilines is 1. The number of fused-ring (bicyclic) bond motifs is 1. The molecule has 2 unspecified atom stereocenters. The number of hydrogen-bond acceptors (Lipinski definition) is 7.